The molecule has 166 valence electrons. The van der Waals surface area contributed by atoms with Crippen LogP contribution in [0.2, 0.25) is 0 Å². The van der Waals surface area contributed by atoms with Crippen molar-refractivity contribution in [2.45, 2.75) is 23.5 Å². The van der Waals surface area contributed by atoms with Crippen LogP contribution in [0.15, 0.2) is 83.8 Å². The van der Waals surface area contributed by atoms with Gasteiger partial charge >= 0.3 is 0 Å². The third kappa shape index (κ3) is 5.42. The first kappa shape index (κ1) is 23.2. The second-order valence-corrected chi connectivity index (χ2v) is 9.85. The molecule has 0 aromatic heterocycles. The predicted molar refractivity (Wildman–Crippen MR) is 127 cm³/mol. The van der Waals surface area contributed by atoms with Crippen molar-refractivity contribution in [2.24, 2.45) is 0 Å². The van der Waals surface area contributed by atoms with Gasteiger partial charge < -0.3 is 10.2 Å². The van der Waals surface area contributed by atoms with Gasteiger partial charge in [0.1, 0.15) is 0 Å². The van der Waals surface area contributed by atoms with E-state index in [0.717, 1.165) is 5.69 Å². The lowest BCUT2D eigenvalue weighted by molar-refractivity contribution is -0.114. The molecule has 0 radical (unpaired) electrons. The molecule has 3 aromatic carbocycles. The first-order valence-corrected chi connectivity index (χ1v) is 11.7. The summed E-state index contributed by atoms with van der Waals surface area (Å²) >= 11 is 0. The Balaban J connectivity index is 2.00. The van der Waals surface area contributed by atoms with Crippen molar-refractivity contribution >= 4 is 32.9 Å². The minimum absolute atomic E-state index is 0.0918. The summed E-state index contributed by atoms with van der Waals surface area (Å²) < 4.78 is 27.2. The van der Waals surface area contributed by atoms with Crippen molar-refractivity contribution in [3.05, 3.63) is 90.0 Å². The number of Topliss-reactive ketones (excluding diaryl/α,β-unsaturated/α-hetero) is 1. The molecule has 0 aliphatic heterocycles. The number of nitrogens with one attached hydrogen (secondary N) is 1. The summed E-state index contributed by atoms with van der Waals surface area (Å²) in [6, 6.07) is 21.8. The maximum Gasteiger partial charge on any atom is 0.221 e. The fourth-order valence-electron chi connectivity index (χ4n) is 3.40. The lowest BCUT2D eigenvalue weighted by Gasteiger charge is -2.20. The molecule has 0 saturated heterocycles. The quantitative estimate of drug-likeness (QED) is 0.511. The number of rotatable bonds is 8. The van der Waals surface area contributed by atoms with Crippen LogP contribution in [0.3, 0.4) is 0 Å². The van der Waals surface area contributed by atoms with E-state index in [1.165, 1.54) is 19.1 Å². The summed E-state index contributed by atoms with van der Waals surface area (Å²) in [5.41, 5.74) is 2.45. The van der Waals surface area contributed by atoms with Crippen LogP contribution in [0, 0.1) is 0 Å². The van der Waals surface area contributed by atoms with Gasteiger partial charge in [0.05, 0.1) is 10.1 Å². The predicted octanol–water partition coefficient (Wildman–Crippen LogP) is 4.50. The van der Waals surface area contributed by atoms with Crippen LogP contribution in [0.5, 0.6) is 0 Å². The highest BCUT2D eigenvalue weighted by Gasteiger charge is 2.31. The number of carbonyl (C=O) groups excluding carboxylic acids is 2. The average Bonchev–Trinajstić information content (AvgIpc) is 2.78. The Morgan fingerprint density at radius 3 is 2.00 bits per heavy atom. The monoisotopic (exact) mass is 450 g/mol. The molecule has 0 unspecified atom stereocenters. The van der Waals surface area contributed by atoms with Gasteiger partial charge in [-0.25, -0.2) is 8.42 Å². The highest BCUT2D eigenvalue weighted by Crippen LogP contribution is 2.34. The molecule has 0 heterocycles. The Morgan fingerprint density at radius 2 is 1.47 bits per heavy atom. The Labute approximate surface area is 188 Å². The minimum atomic E-state index is -3.88. The zero-order valence-electron chi connectivity index (χ0n) is 18.3. The number of hydrogen-bond acceptors (Lipinski definition) is 5. The zero-order valence-corrected chi connectivity index (χ0v) is 19.1. The number of carbonyl (C=O) groups is 2. The van der Waals surface area contributed by atoms with Gasteiger partial charge in [-0.05, 0) is 42.0 Å². The maximum absolute atomic E-state index is 13.6. The van der Waals surface area contributed by atoms with Crippen LogP contribution in [0.25, 0.3) is 0 Å². The molecule has 0 bridgehead atoms. The van der Waals surface area contributed by atoms with E-state index in [2.05, 4.69) is 5.32 Å². The first-order chi connectivity index (χ1) is 15.2. The standard InChI is InChI=1S/C25H26N2O4S/c1-18(28)26-21-11-15-23(16-12-21)32(30,31)25(17-24(29)19-7-5-4-6-8-19)20-9-13-22(14-10-20)27(2)3/h4-16,25H,17H2,1-3H3,(H,26,28)/t25-/m0/s1. The summed E-state index contributed by atoms with van der Waals surface area (Å²) in [5.74, 6) is -0.487. The molecule has 32 heavy (non-hydrogen) atoms. The van der Waals surface area contributed by atoms with E-state index in [9.17, 15) is 18.0 Å². The second kappa shape index (κ2) is 9.78. The molecular formula is C25H26N2O4S. The van der Waals surface area contributed by atoms with Crippen LogP contribution in [-0.2, 0) is 14.6 Å². The Morgan fingerprint density at radius 1 is 0.875 bits per heavy atom. The molecule has 3 aromatic rings. The van der Waals surface area contributed by atoms with Gasteiger partial charge in [-0.3, -0.25) is 9.59 Å². The number of benzene rings is 3. The molecule has 0 aliphatic carbocycles. The van der Waals surface area contributed by atoms with Crippen LogP contribution in [0.1, 0.15) is 34.5 Å². The van der Waals surface area contributed by atoms with Gasteiger partial charge in [-0.2, -0.15) is 0 Å². The van der Waals surface area contributed by atoms with Gasteiger partial charge in [0, 0.05) is 44.4 Å². The van der Waals surface area contributed by atoms with Crippen molar-refractivity contribution in [1.82, 2.24) is 0 Å². The van der Waals surface area contributed by atoms with E-state index < -0.39 is 15.1 Å². The van der Waals surface area contributed by atoms with E-state index in [1.807, 2.05) is 37.2 Å². The van der Waals surface area contributed by atoms with E-state index in [-0.39, 0.29) is 23.0 Å². The number of anilines is 2. The first-order valence-electron chi connectivity index (χ1n) is 10.2. The number of hydrogen-bond donors (Lipinski definition) is 1. The van der Waals surface area contributed by atoms with Crippen LogP contribution in [0.4, 0.5) is 11.4 Å². The fourth-order valence-corrected chi connectivity index (χ4v) is 5.13. The van der Waals surface area contributed by atoms with Gasteiger partial charge in [-0.1, -0.05) is 42.5 Å². The lowest BCUT2D eigenvalue weighted by Crippen LogP contribution is -2.18. The third-order valence-corrected chi connectivity index (χ3v) is 7.24. The topological polar surface area (TPSA) is 83.5 Å². The fraction of sp³-hybridized carbons (Fsp3) is 0.200. The van der Waals surface area contributed by atoms with E-state index in [4.69, 9.17) is 0 Å². The summed E-state index contributed by atoms with van der Waals surface area (Å²) in [4.78, 5) is 26.2. The zero-order chi connectivity index (χ0) is 23.3. The molecule has 0 aliphatic rings. The van der Waals surface area contributed by atoms with Crippen LogP contribution in [-0.4, -0.2) is 34.2 Å². The largest absolute Gasteiger partial charge is 0.378 e. The molecule has 3 rings (SSSR count). The van der Waals surface area contributed by atoms with E-state index >= 15 is 0 Å². The molecule has 6 nitrogen and oxygen atoms in total. The van der Waals surface area contributed by atoms with Crippen molar-refractivity contribution in [3.63, 3.8) is 0 Å². The molecule has 1 atom stereocenters. The Bertz CT molecular complexity index is 1190. The summed E-state index contributed by atoms with van der Waals surface area (Å²) in [7, 11) is -0.0795. The number of amides is 1. The summed E-state index contributed by atoms with van der Waals surface area (Å²) in [6.07, 6.45) is -0.179. The number of ketones is 1. The second-order valence-electron chi connectivity index (χ2n) is 7.72. The number of nitrogens with zero attached hydrogens (tertiary/aromatic N) is 1. The average molecular weight is 451 g/mol. The smallest absolute Gasteiger partial charge is 0.221 e. The van der Waals surface area contributed by atoms with Gasteiger partial charge in [0.15, 0.2) is 15.6 Å². The molecule has 0 spiro atoms. The van der Waals surface area contributed by atoms with Crippen molar-refractivity contribution in [1.29, 1.82) is 0 Å². The Hall–Kier alpha value is -3.45. The van der Waals surface area contributed by atoms with Gasteiger partial charge in [0.2, 0.25) is 5.91 Å². The normalized spacial score (nSPS) is 12.1. The lowest BCUT2D eigenvalue weighted by atomic mass is 10.0. The molecule has 7 heteroatoms. The van der Waals surface area contributed by atoms with Crippen LogP contribution >= 0.6 is 0 Å². The summed E-state index contributed by atoms with van der Waals surface area (Å²) in [6.45, 7) is 1.38. The highest BCUT2D eigenvalue weighted by molar-refractivity contribution is 7.91. The van der Waals surface area contributed by atoms with E-state index in [0.29, 0.717) is 16.8 Å². The maximum atomic E-state index is 13.6. The molecule has 0 fully saturated rings. The van der Waals surface area contributed by atoms with Crippen molar-refractivity contribution in [3.8, 4) is 0 Å². The van der Waals surface area contributed by atoms with Crippen molar-refractivity contribution < 1.29 is 18.0 Å². The van der Waals surface area contributed by atoms with Gasteiger partial charge in [0.25, 0.3) is 0 Å². The van der Waals surface area contributed by atoms with Crippen molar-refractivity contribution in [2.75, 3.05) is 24.3 Å². The van der Waals surface area contributed by atoms with Crippen LogP contribution < -0.4 is 10.2 Å². The third-order valence-electron chi connectivity index (χ3n) is 5.13. The molecule has 1 N–H and O–H groups in total. The number of sulfone groups is 1. The van der Waals surface area contributed by atoms with Gasteiger partial charge in [-0.15, -0.1) is 0 Å². The SMILES string of the molecule is CC(=O)Nc1ccc(S(=O)(=O)[C@@H](CC(=O)c2ccccc2)c2ccc(N(C)C)cc2)cc1. The molecular weight excluding hydrogens is 424 g/mol. The summed E-state index contributed by atoms with van der Waals surface area (Å²) in [5, 5.41) is 1.58. The minimum Gasteiger partial charge on any atom is -0.378 e. The highest BCUT2D eigenvalue weighted by atomic mass is 32.2. The molecule has 0 saturated carbocycles. The Kier molecular flexibility index (Phi) is 7.10. The van der Waals surface area contributed by atoms with E-state index in [1.54, 1.807) is 48.5 Å². The molecule has 1 amide bonds.